The van der Waals surface area contributed by atoms with Gasteiger partial charge < -0.3 is 4.74 Å². The molecular formula is C10H13BrO. The summed E-state index contributed by atoms with van der Waals surface area (Å²) in [6, 6.07) is 8.19. The van der Waals surface area contributed by atoms with Crippen LogP contribution >= 0.6 is 15.9 Å². The van der Waals surface area contributed by atoms with Gasteiger partial charge in [0.05, 0.1) is 7.11 Å². The van der Waals surface area contributed by atoms with Gasteiger partial charge in [0, 0.05) is 5.33 Å². The Morgan fingerprint density at radius 3 is 2.33 bits per heavy atom. The third kappa shape index (κ3) is 2.24. The van der Waals surface area contributed by atoms with Crippen molar-refractivity contribution in [3.63, 3.8) is 0 Å². The standard InChI is InChI=1S/C10H13BrO/c1-8(7-11)9-3-5-10(12-2)6-4-9/h3-6,8H,7H2,1-2H3. The van der Waals surface area contributed by atoms with Gasteiger partial charge in [-0.3, -0.25) is 0 Å². The highest BCUT2D eigenvalue weighted by molar-refractivity contribution is 9.09. The molecule has 0 aromatic heterocycles. The number of ether oxygens (including phenoxy) is 1. The summed E-state index contributed by atoms with van der Waals surface area (Å²) in [5.74, 6) is 1.48. The summed E-state index contributed by atoms with van der Waals surface area (Å²) in [6.45, 7) is 2.19. The molecule has 1 rings (SSSR count). The Morgan fingerprint density at radius 2 is 1.92 bits per heavy atom. The largest absolute Gasteiger partial charge is 0.497 e. The summed E-state index contributed by atoms with van der Waals surface area (Å²) in [5.41, 5.74) is 1.34. The maximum Gasteiger partial charge on any atom is 0.118 e. The minimum absolute atomic E-state index is 0.566. The zero-order valence-electron chi connectivity index (χ0n) is 7.38. The summed E-state index contributed by atoms with van der Waals surface area (Å²) in [4.78, 5) is 0. The quantitative estimate of drug-likeness (QED) is 0.723. The maximum absolute atomic E-state index is 5.07. The second-order valence-electron chi connectivity index (χ2n) is 2.83. The van der Waals surface area contributed by atoms with Gasteiger partial charge in [0.1, 0.15) is 5.75 Å². The Balaban J connectivity index is 2.77. The van der Waals surface area contributed by atoms with Crippen molar-refractivity contribution in [2.75, 3.05) is 12.4 Å². The van der Waals surface area contributed by atoms with Crippen LogP contribution < -0.4 is 4.74 Å². The van der Waals surface area contributed by atoms with E-state index < -0.39 is 0 Å². The molecule has 2 heteroatoms. The molecule has 0 amide bonds. The van der Waals surface area contributed by atoms with Crippen molar-refractivity contribution in [3.8, 4) is 5.75 Å². The monoisotopic (exact) mass is 228 g/mol. The van der Waals surface area contributed by atoms with Gasteiger partial charge >= 0.3 is 0 Å². The molecule has 1 aromatic rings. The number of halogens is 1. The molecule has 0 aliphatic rings. The third-order valence-electron chi connectivity index (χ3n) is 1.92. The number of rotatable bonds is 3. The lowest BCUT2D eigenvalue weighted by Crippen LogP contribution is -1.93. The lowest BCUT2D eigenvalue weighted by molar-refractivity contribution is 0.414. The molecule has 1 atom stereocenters. The molecule has 0 bridgehead atoms. The summed E-state index contributed by atoms with van der Waals surface area (Å²) in [7, 11) is 1.68. The molecule has 1 nitrogen and oxygen atoms in total. The zero-order chi connectivity index (χ0) is 8.97. The van der Waals surface area contributed by atoms with Crippen molar-refractivity contribution < 1.29 is 4.74 Å². The number of hydrogen-bond donors (Lipinski definition) is 0. The van der Waals surface area contributed by atoms with Crippen molar-refractivity contribution in [3.05, 3.63) is 29.8 Å². The molecule has 0 fully saturated rings. The molecule has 0 heterocycles. The van der Waals surface area contributed by atoms with Gasteiger partial charge in [0.25, 0.3) is 0 Å². The summed E-state index contributed by atoms with van der Waals surface area (Å²) in [6.07, 6.45) is 0. The van der Waals surface area contributed by atoms with Crippen molar-refractivity contribution in [1.82, 2.24) is 0 Å². The van der Waals surface area contributed by atoms with Crippen molar-refractivity contribution in [2.24, 2.45) is 0 Å². The number of benzene rings is 1. The lowest BCUT2D eigenvalue weighted by atomic mass is 10.0. The van der Waals surface area contributed by atoms with Crippen LogP contribution in [0.25, 0.3) is 0 Å². The fourth-order valence-electron chi connectivity index (χ4n) is 1.02. The van der Waals surface area contributed by atoms with Crippen molar-refractivity contribution >= 4 is 15.9 Å². The molecule has 66 valence electrons. The first-order valence-electron chi connectivity index (χ1n) is 3.98. The fraction of sp³-hybridized carbons (Fsp3) is 0.400. The van der Waals surface area contributed by atoms with Crippen LogP contribution in [0.15, 0.2) is 24.3 Å². The molecule has 12 heavy (non-hydrogen) atoms. The van der Waals surface area contributed by atoms with Crippen LogP contribution in [0.1, 0.15) is 18.4 Å². The van der Waals surface area contributed by atoms with E-state index in [1.54, 1.807) is 7.11 Å². The Bertz CT molecular complexity index is 230. The van der Waals surface area contributed by atoms with Gasteiger partial charge in [-0.2, -0.15) is 0 Å². The molecule has 0 N–H and O–H groups in total. The minimum Gasteiger partial charge on any atom is -0.497 e. The Labute approximate surface area is 81.9 Å². The molecular weight excluding hydrogens is 216 g/mol. The minimum atomic E-state index is 0.566. The van der Waals surface area contributed by atoms with Crippen LogP contribution in [0, 0.1) is 0 Å². The van der Waals surface area contributed by atoms with E-state index >= 15 is 0 Å². The SMILES string of the molecule is COc1ccc(C(C)CBr)cc1. The number of methoxy groups -OCH3 is 1. The molecule has 1 aromatic carbocycles. The van der Waals surface area contributed by atoms with Gasteiger partial charge in [-0.25, -0.2) is 0 Å². The van der Waals surface area contributed by atoms with Gasteiger partial charge in [0.2, 0.25) is 0 Å². The first-order chi connectivity index (χ1) is 5.77. The summed E-state index contributed by atoms with van der Waals surface area (Å²) >= 11 is 3.46. The van der Waals surface area contributed by atoms with Crippen LogP contribution in [0.2, 0.25) is 0 Å². The Hall–Kier alpha value is -0.500. The zero-order valence-corrected chi connectivity index (χ0v) is 8.97. The first-order valence-corrected chi connectivity index (χ1v) is 5.10. The molecule has 0 saturated carbocycles. The molecule has 0 radical (unpaired) electrons. The van der Waals surface area contributed by atoms with Gasteiger partial charge in [-0.05, 0) is 23.6 Å². The van der Waals surface area contributed by atoms with Gasteiger partial charge in [-0.15, -0.1) is 0 Å². The van der Waals surface area contributed by atoms with E-state index in [0.29, 0.717) is 5.92 Å². The molecule has 0 aliphatic heterocycles. The Morgan fingerprint density at radius 1 is 1.33 bits per heavy atom. The van der Waals surface area contributed by atoms with E-state index in [9.17, 15) is 0 Å². The number of alkyl halides is 1. The predicted molar refractivity (Wildman–Crippen MR) is 55.2 cm³/mol. The van der Waals surface area contributed by atoms with Crippen LogP contribution in [0.5, 0.6) is 5.75 Å². The summed E-state index contributed by atoms with van der Waals surface area (Å²) < 4.78 is 5.07. The highest BCUT2D eigenvalue weighted by Gasteiger charge is 2.02. The van der Waals surface area contributed by atoms with Crippen molar-refractivity contribution in [2.45, 2.75) is 12.8 Å². The highest BCUT2D eigenvalue weighted by Crippen LogP contribution is 2.20. The summed E-state index contributed by atoms with van der Waals surface area (Å²) in [5, 5.41) is 0.999. The maximum atomic E-state index is 5.07. The average Bonchev–Trinajstić information content (AvgIpc) is 2.17. The van der Waals surface area contributed by atoms with Gasteiger partial charge in [0.15, 0.2) is 0 Å². The van der Waals surface area contributed by atoms with Crippen molar-refractivity contribution in [1.29, 1.82) is 0 Å². The average molecular weight is 229 g/mol. The molecule has 1 unspecified atom stereocenters. The fourth-order valence-corrected chi connectivity index (χ4v) is 1.40. The smallest absolute Gasteiger partial charge is 0.118 e. The van der Waals surface area contributed by atoms with Crippen LogP contribution in [0.4, 0.5) is 0 Å². The molecule has 0 aliphatic carbocycles. The molecule has 0 spiro atoms. The predicted octanol–water partition coefficient (Wildman–Crippen LogP) is 3.19. The van der Waals surface area contributed by atoms with Crippen LogP contribution in [-0.4, -0.2) is 12.4 Å². The highest BCUT2D eigenvalue weighted by atomic mass is 79.9. The van der Waals surface area contributed by atoms with E-state index in [4.69, 9.17) is 4.74 Å². The van der Waals surface area contributed by atoms with Crippen LogP contribution in [-0.2, 0) is 0 Å². The number of hydrogen-bond acceptors (Lipinski definition) is 1. The Kier molecular flexibility index (Phi) is 3.60. The van der Waals surface area contributed by atoms with E-state index in [-0.39, 0.29) is 0 Å². The second-order valence-corrected chi connectivity index (χ2v) is 3.48. The van der Waals surface area contributed by atoms with Crippen LogP contribution in [0.3, 0.4) is 0 Å². The van der Waals surface area contributed by atoms with E-state index in [1.165, 1.54) is 5.56 Å². The van der Waals surface area contributed by atoms with E-state index in [2.05, 4.69) is 35.0 Å². The van der Waals surface area contributed by atoms with E-state index in [0.717, 1.165) is 11.1 Å². The molecule has 0 saturated heterocycles. The normalized spacial score (nSPS) is 12.6. The topological polar surface area (TPSA) is 9.23 Å². The van der Waals surface area contributed by atoms with E-state index in [1.807, 2.05) is 12.1 Å². The van der Waals surface area contributed by atoms with Gasteiger partial charge in [-0.1, -0.05) is 35.0 Å². The third-order valence-corrected chi connectivity index (χ3v) is 2.89. The first kappa shape index (κ1) is 9.59. The second kappa shape index (κ2) is 4.51. The lowest BCUT2D eigenvalue weighted by Gasteiger charge is -2.08.